The molecule has 0 bridgehead atoms. The molecule has 5 heteroatoms. The fraction of sp³-hybridized carbons (Fsp3) is 0.0909. The first kappa shape index (κ1) is 16.1. The molecule has 0 amide bonds. The van der Waals surface area contributed by atoms with Crippen molar-refractivity contribution in [2.75, 3.05) is 0 Å². The molecule has 0 saturated carbocycles. The standard InChI is InChI=1S/C22H14FNO2S/c23-15-3-6-19-18(10-15)20(22(25)26)17-5-2-13-9-12(14-7-8-27-11-14)1-4-16(13)21(17)24-19/h1,3-4,6-11H,2,5H2,(H,25,26). The van der Waals surface area contributed by atoms with Crippen molar-refractivity contribution in [3.8, 4) is 22.4 Å². The van der Waals surface area contributed by atoms with Crippen LogP contribution in [0.3, 0.4) is 0 Å². The van der Waals surface area contributed by atoms with E-state index in [1.165, 1.54) is 17.7 Å². The molecule has 0 aliphatic heterocycles. The number of pyridine rings is 1. The van der Waals surface area contributed by atoms with Crippen molar-refractivity contribution in [1.29, 1.82) is 0 Å². The van der Waals surface area contributed by atoms with Crippen molar-refractivity contribution in [2.24, 2.45) is 0 Å². The van der Waals surface area contributed by atoms with Crippen molar-refractivity contribution in [3.63, 3.8) is 0 Å². The van der Waals surface area contributed by atoms with Gasteiger partial charge in [0.25, 0.3) is 0 Å². The van der Waals surface area contributed by atoms with E-state index in [2.05, 4.69) is 22.9 Å². The minimum Gasteiger partial charge on any atom is -0.478 e. The lowest BCUT2D eigenvalue weighted by Crippen LogP contribution is -2.13. The summed E-state index contributed by atoms with van der Waals surface area (Å²) in [6.45, 7) is 0. The van der Waals surface area contributed by atoms with Crippen molar-refractivity contribution < 1.29 is 14.3 Å². The minimum absolute atomic E-state index is 0.169. The Morgan fingerprint density at radius 1 is 1.07 bits per heavy atom. The van der Waals surface area contributed by atoms with Crippen molar-refractivity contribution in [3.05, 3.63) is 75.7 Å². The monoisotopic (exact) mass is 375 g/mol. The zero-order chi connectivity index (χ0) is 18.5. The van der Waals surface area contributed by atoms with Gasteiger partial charge in [-0.1, -0.05) is 18.2 Å². The molecular formula is C22H14FNO2S. The van der Waals surface area contributed by atoms with Crippen LogP contribution in [0.4, 0.5) is 4.39 Å². The normalized spacial score (nSPS) is 12.6. The number of carboxylic acids is 1. The number of carboxylic acid groups (broad SMARTS) is 1. The Balaban J connectivity index is 1.77. The SMILES string of the molecule is O=C(O)c1c2c(nc3ccc(F)cc13)-c1ccc(-c3ccsc3)cc1CC2. The highest BCUT2D eigenvalue weighted by Gasteiger charge is 2.26. The van der Waals surface area contributed by atoms with Gasteiger partial charge in [-0.25, -0.2) is 14.2 Å². The Bertz CT molecular complexity index is 1210. The van der Waals surface area contributed by atoms with E-state index in [1.54, 1.807) is 17.4 Å². The lowest BCUT2D eigenvalue weighted by Gasteiger charge is -2.22. The number of aryl methyl sites for hydroxylation is 1. The average Bonchev–Trinajstić information content (AvgIpc) is 3.20. The van der Waals surface area contributed by atoms with E-state index in [0.717, 1.165) is 23.1 Å². The fourth-order valence-electron chi connectivity index (χ4n) is 3.88. The maximum absolute atomic E-state index is 13.7. The molecule has 4 aromatic rings. The third-order valence-electron chi connectivity index (χ3n) is 5.12. The largest absolute Gasteiger partial charge is 0.478 e. The summed E-state index contributed by atoms with van der Waals surface area (Å²) in [6, 6.07) is 12.5. The predicted molar refractivity (Wildman–Crippen MR) is 105 cm³/mol. The van der Waals surface area contributed by atoms with Crippen molar-refractivity contribution >= 4 is 28.2 Å². The molecule has 2 heterocycles. The van der Waals surface area contributed by atoms with Gasteiger partial charge in [-0.3, -0.25) is 0 Å². The second-order valence-corrected chi connectivity index (χ2v) is 7.44. The number of halogens is 1. The number of hydrogen-bond donors (Lipinski definition) is 1. The number of thiophene rings is 1. The maximum atomic E-state index is 13.7. The number of hydrogen-bond acceptors (Lipinski definition) is 3. The first-order valence-corrected chi connectivity index (χ1v) is 9.57. The van der Waals surface area contributed by atoms with Gasteiger partial charge in [0.15, 0.2) is 0 Å². The van der Waals surface area contributed by atoms with Crippen LogP contribution in [0, 0.1) is 5.82 Å². The van der Waals surface area contributed by atoms with E-state index in [-0.39, 0.29) is 5.56 Å². The fourth-order valence-corrected chi connectivity index (χ4v) is 4.55. The zero-order valence-corrected chi connectivity index (χ0v) is 15.0. The highest BCUT2D eigenvalue weighted by Crippen LogP contribution is 2.39. The van der Waals surface area contributed by atoms with Gasteiger partial charge in [0.1, 0.15) is 5.82 Å². The summed E-state index contributed by atoms with van der Waals surface area (Å²) in [4.78, 5) is 16.7. The summed E-state index contributed by atoms with van der Waals surface area (Å²) in [6.07, 6.45) is 1.32. The van der Waals surface area contributed by atoms with Crippen molar-refractivity contribution in [1.82, 2.24) is 4.98 Å². The molecule has 1 aliphatic carbocycles. The van der Waals surface area contributed by atoms with Crippen LogP contribution in [0.2, 0.25) is 0 Å². The van der Waals surface area contributed by atoms with Gasteiger partial charge in [-0.15, -0.1) is 0 Å². The second kappa shape index (κ2) is 5.99. The van der Waals surface area contributed by atoms with Crippen LogP contribution in [0.25, 0.3) is 33.3 Å². The highest BCUT2D eigenvalue weighted by molar-refractivity contribution is 7.08. The van der Waals surface area contributed by atoms with Gasteiger partial charge in [-0.2, -0.15) is 11.3 Å². The summed E-state index contributed by atoms with van der Waals surface area (Å²) >= 11 is 1.66. The van der Waals surface area contributed by atoms with E-state index in [1.807, 2.05) is 12.1 Å². The van der Waals surface area contributed by atoms with Crippen LogP contribution in [0.5, 0.6) is 0 Å². The summed E-state index contributed by atoms with van der Waals surface area (Å²) in [5.74, 6) is -1.49. The number of aromatic nitrogens is 1. The van der Waals surface area contributed by atoms with Gasteiger partial charge in [0, 0.05) is 10.9 Å². The van der Waals surface area contributed by atoms with Crippen LogP contribution in [0.1, 0.15) is 21.5 Å². The van der Waals surface area contributed by atoms with Crippen LogP contribution < -0.4 is 0 Å². The average molecular weight is 375 g/mol. The zero-order valence-electron chi connectivity index (χ0n) is 14.2. The smallest absolute Gasteiger partial charge is 0.336 e. The highest BCUT2D eigenvalue weighted by atomic mass is 32.1. The second-order valence-electron chi connectivity index (χ2n) is 6.66. The lowest BCUT2D eigenvalue weighted by atomic mass is 9.84. The molecule has 0 saturated heterocycles. The number of carbonyl (C=O) groups is 1. The molecule has 3 nitrogen and oxygen atoms in total. The summed E-state index contributed by atoms with van der Waals surface area (Å²) in [5.41, 5.74) is 6.52. The minimum atomic E-state index is -1.04. The van der Waals surface area contributed by atoms with E-state index >= 15 is 0 Å². The topological polar surface area (TPSA) is 50.2 Å². The van der Waals surface area contributed by atoms with Crippen LogP contribution in [-0.4, -0.2) is 16.1 Å². The van der Waals surface area contributed by atoms with Gasteiger partial charge in [0.05, 0.1) is 16.8 Å². The molecule has 2 aromatic heterocycles. The third kappa shape index (κ3) is 2.54. The molecule has 1 N–H and O–H groups in total. The summed E-state index contributed by atoms with van der Waals surface area (Å²) in [5, 5.41) is 14.3. The van der Waals surface area contributed by atoms with Gasteiger partial charge >= 0.3 is 5.97 Å². The lowest BCUT2D eigenvalue weighted by molar-refractivity contribution is 0.0698. The van der Waals surface area contributed by atoms with E-state index in [4.69, 9.17) is 4.98 Å². The van der Waals surface area contributed by atoms with Crippen LogP contribution in [0.15, 0.2) is 53.2 Å². The third-order valence-corrected chi connectivity index (χ3v) is 5.80. The molecule has 0 radical (unpaired) electrons. The Labute approximate surface area is 158 Å². The molecule has 0 spiro atoms. The molecule has 0 unspecified atom stereocenters. The number of fused-ring (bicyclic) bond motifs is 4. The molecule has 1 aliphatic rings. The molecule has 5 rings (SSSR count). The van der Waals surface area contributed by atoms with Crippen LogP contribution in [-0.2, 0) is 12.8 Å². The Morgan fingerprint density at radius 3 is 2.74 bits per heavy atom. The number of benzene rings is 2. The molecular weight excluding hydrogens is 361 g/mol. The molecule has 0 atom stereocenters. The van der Waals surface area contributed by atoms with Crippen LogP contribution >= 0.6 is 11.3 Å². The van der Waals surface area contributed by atoms with Crippen molar-refractivity contribution in [2.45, 2.75) is 12.8 Å². The summed E-state index contributed by atoms with van der Waals surface area (Å²) in [7, 11) is 0. The van der Waals surface area contributed by atoms with E-state index in [0.29, 0.717) is 28.6 Å². The molecule has 27 heavy (non-hydrogen) atoms. The number of rotatable bonds is 2. The van der Waals surface area contributed by atoms with Gasteiger partial charge in [-0.05, 0) is 70.1 Å². The number of aromatic carboxylic acids is 1. The summed E-state index contributed by atoms with van der Waals surface area (Å²) < 4.78 is 13.7. The van der Waals surface area contributed by atoms with Gasteiger partial charge < -0.3 is 5.11 Å². The Kier molecular flexibility index (Phi) is 3.58. The Hall–Kier alpha value is -3.05. The van der Waals surface area contributed by atoms with Gasteiger partial charge in [0.2, 0.25) is 0 Å². The predicted octanol–water partition coefficient (Wildman–Crippen LogP) is 5.57. The quantitative estimate of drug-likeness (QED) is 0.498. The number of nitrogens with zero attached hydrogens (tertiary/aromatic N) is 1. The van der Waals surface area contributed by atoms with E-state index < -0.39 is 11.8 Å². The molecule has 0 fully saturated rings. The maximum Gasteiger partial charge on any atom is 0.336 e. The Morgan fingerprint density at radius 2 is 1.96 bits per heavy atom. The van der Waals surface area contributed by atoms with E-state index in [9.17, 15) is 14.3 Å². The molecule has 2 aromatic carbocycles. The first-order valence-electron chi connectivity index (χ1n) is 8.63. The molecule has 132 valence electrons. The first-order chi connectivity index (χ1) is 13.1.